The molecule has 0 radical (unpaired) electrons. The molecule has 0 aliphatic heterocycles. The van der Waals surface area contributed by atoms with Crippen LogP contribution in [0.1, 0.15) is 11.1 Å². The average Bonchev–Trinajstić information content (AvgIpc) is 2.91. The lowest BCUT2D eigenvalue weighted by Gasteiger charge is -2.10. The number of benzene rings is 2. The molecule has 3 aromatic rings. The lowest BCUT2D eigenvalue weighted by molar-refractivity contribution is 0.907. The fraction of sp³-hybridized carbons (Fsp3) is 0.167. The van der Waals surface area contributed by atoms with E-state index in [1.54, 1.807) is 6.07 Å². The number of halogens is 2. The van der Waals surface area contributed by atoms with E-state index in [1.165, 1.54) is 5.56 Å². The van der Waals surface area contributed by atoms with Crippen LogP contribution in [0.5, 0.6) is 0 Å². The lowest BCUT2D eigenvalue weighted by Crippen LogP contribution is -2.06. The molecule has 23 heavy (non-hydrogen) atoms. The zero-order chi connectivity index (χ0) is 16.4. The van der Waals surface area contributed by atoms with Gasteiger partial charge in [-0.2, -0.15) is 0 Å². The molecule has 0 atom stereocenters. The Morgan fingerprint density at radius 2 is 1.83 bits per heavy atom. The molecule has 3 nitrogen and oxygen atoms in total. The maximum atomic E-state index is 6.22. The first-order chi connectivity index (χ1) is 11.1. The van der Waals surface area contributed by atoms with Crippen LogP contribution in [-0.2, 0) is 13.6 Å². The molecule has 0 aliphatic rings. The van der Waals surface area contributed by atoms with Gasteiger partial charge in [-0.3, -0.25) is 0 Å². The molecule has 1 N–H and O–H groups in total. The van der Waals surface area contributed by atoms with Crippen LogP contribution in [0.25, 0.3) is 11.3 Å². The predicted octanol–water partition coefficient (Wildman–Crippen LogP) is 5.31. The second-order valence-corrected chi connectivity index (χ2v) is 6.24. The van der Waals surface area contributed by atoms with Crippen LogP contribution in [0.4, 0.5) is 5.95 Å². The summed E-state index contributed by atoms with van der Waals surface area (Å²) < 4.78 is 2.03. The third kappa shape index (κ3) is 3.36. The van der Waals surface area contributed by atoms with E-state index in [2.05, 4.69) is 41.5 Å². The fourth-order valence-electron chi connectivity index (χ4n) is 2.43. The van der Waals surface area contributed by atoms with Gasteiger partial charge in [-0.05, 0) is 24.1 Å². The number of imidazole rings is 1. The number of rotatable bonds is 4. The Morgan fingerprint density at radius 3 is 2.57 bits per heavy atom. The number of anilines is 1. The average molecular weight is 346 g/mol. The zero-order valence-electron chi connectivity index (χ0n) is 13.0. The second-order valence-electron chi connectivity index (χ2n) is 5.46. The number of hydrogen-bond donors (Lipinski definition) is 1. The Bertz CT molecular complexity index is 823. The molecule has 0 saturated heterocycles. The quantitative estimate of drug-likeness (QED) is 0.693. The molecule has 1 aromatic heterocycles. The highest BCUT2D eigenvalue weighted by molar-refractivity contribution is 6.42. The molecule has 3 rings (SSSR count). The van der Waals surface area contributed by atoms with Gasteiger partial charge in [0.1, 0.15) is 0 Å². The number of nitrogens with one attached hydrogen (secondary N) is 1. The Balaban J connectivity index is 1.80. The highest BCUT2D eigenvalue weighted by Gasteiger charge is 2.09. The Hall–Kier alpha value is -1.97. The molecular formula is C18H17Cl2N3. The summed E-state index contributed by atoms with van der Waals surface area (Å²) >= 11 is 12.3. The molecular weight excluding hydrogens is 329 g/mol. The maximum Gasteiger partial charge on any atom is 0.203 e. The molecule has 118 valence electrons. The van der Waals surface area contributed by atoms with Gasteiger partial charge in [0, 0.05) is 13.6 Å². The summed E-state index contributed by atoms with van der Waals surface area (Å²) in [6.07, 6.45) is 1.87. The van der Waals surface area contributed by atoms with E-state index in [-0.39, 0.29) is 0 Å². The van der Waals surface area contributed by atoms with E-state index in [0.717, 1.165) is 22.8 Å². The van der Waals surface area contributed by atoms with Crippen molar-refractivity contribution in [2.24, 2.45) is 7.05 Å². The van der Waals surface area contributed by atoms with Gasteiger partial charge in [-0.25, -0.2) is 4.98 Å². The second kappa shape index (κ2) is 6.65. The first-order valence-electron chi connectivity index (χ1n) is 7.32. The summed E-state index contributed by atoms with van der Waals surface area (Å²) in [5.41, 5.74) is 4.38. The minimum Gasteiger partial charge on any atom is -0.352 e. The van der Waals surface area contributed by atoms with Crippen molar-refractivity contribution in [3.05, 3.63) is 69.8 Å². The molecule has 0 saturated carbocycles. The zero-order valence-corrected chi connectivity index (χ0v) is 14.5. The van der Waals surface area contributed by atoms with E-state index < -0.39 is 0 Å². The minimum absolute atomic E-state index is 0.561. The molecule has 0 bridgehead atoms. The third-order valence-corrected chi connectivity index (χ3v) is 4.66. The number of aryl methyl sites for hydroxylation is 1. The summed E-state index contributed by atoms with van der Waals surface area (Å²) in [5, 5.41) is 4.45. The van der Waals surface area contributed by atoms with E-state index in [9.17, 15) is 0 Å². The number of hydrogen-bond acceptors (Lipinski definition) is 2. The molecule has 0 spiro atoms. The summed E-state index contributed by atoms with van der Waals surface area (Å²) in [5.74, 6) is 0.789. The predicted molar refractivity (Wildman–Crippen MR) is 97.2 cm³/mol. The van der Waals surface area contributed by atoms with Crippen LogP contribution in [0.3, 0.4) is 0 Å². The fourth-order valence-corrected chi connectivity index (χ4v) is 2.81. The van der Waals surface area contributed by atoms with Crippen molar-refractivity contribution in [2.45, 2.75) is 13.5 Å². The van der Waals surface area contributed by atoms with Crippen LogP contribution in [-0.4, -0.2) is 9.55 Å². The van der Waals surface area contributed by atoms with Crippen molar-refractivity contribution in [1.29, 1.82) is 0 Å². The van der Waals surface area contributed by atoms with E-state index in [4.69, 9.17) is 23.2 Å². The van der Waals surface area contributed by atoms with Gasteiger partial charge < -0.3 is 9.88 Å². The smallest absolute Gasteiger partial charge is 0.203 e. The number of aromatic nitrogens is 2. The normalized spacial score (nSPS) is 10.8. The van der Waals surface area contributed by atoms with Crippen molar-refractivity contribution in [1.82, 2.24) is 9.55 Å². The Kier molecular flexibility index (Phi) is 4.60. The first-order valence-corrected chi connectivity index (χ1v) is 8.07. The molecule has 5 heteroatoms. The van der Waals surface area contributed by atoms with Gasteiger partial charge in [-0.15, -0.1) is 0 Å². The van der Waals surface area contributed by atoms with Crippen molar-refractivity contribution < 1.29 is 0 Å². The van der Waals surface area contributed by atoms with Gasteiger partial charge in [0.25, 0.3) is 0 Å². The topological polar surface area (TPSA) is 29.9 Å². The van der Waals surface area contributed by atoms with Crippen LogP contribution < -0.4 is 5.32 Å². The highest BCUT2D eigenvalue weighted by atomic mass is 35.5. The van der Waals surface area contributed by atoms with Gasteiger partial charge in [0.2, 0.25) is 5.95 Å². The van der Waals surface area contributed by atoms with Gasteiger partial charge in [0.15, 0.2) is 0 Å². The maximum absolute atomic E-state index is 6.22. The first kappa shape index (κ1) is 15.9. The van der Waals surface area contributed by atoms with Crippen LogP contribution >= 0.6 is 23.2 Å². The van der Waals surface area contributed by atoms with Crippen molar-refractivity contribution in [3.8, 4) is 11.3 Å². The molecule has 1 heterocycles. The van der Waals surface area contributed by atoms with Crippen LogP contribution in [0.15, 0.2) is 48.7 Å². The monoisotopic (exact) mass is 345 g/mol. The standard InChI is InChI=1S/C18H17Cl2N3/c1-12-6-8-13(9-7-12)16-11-22-18(23(16)2)21-10-14-4-3-5-15(19)17(14)20/h3-9,11H,10H2,1-2H3,(H,21,22). The molecule has 0 fully saturated rings. The third-order valence-electron chi connectivity index (χ3n) is 3.80. The van der Waals surface area contributed by atoms with Crippen LogP contribution in [0, 0.1) is 6.92 Å². The minimum atomic E-state index is 0.561. The van der Waals surface area contributed by atoms with E-state index in [1.807, 2.05) is 29.9 Å². The van der Waals surface area contributed by atoms with Crippen molar-refractivity contribution in [3.63, 3.8) is 0 Å². The molecule has 0 amide bonds. The lowest BCUT2D eigenvalue weighted by atomic mass is 10.1. The SMILES string of the molecule is Cc1ccc(-c2cnc(NCc3cccc(Cl)c3Cl)n2C)cc1. The van der Waals surface area contributed by atoms with Gasteiger partial charge in [0.05, 0.1) is 21.9 Å². The van der Waals surface area contributed by atoms with Gasteiger partial charge in [-0.1, -0.05) is 65.2 Å². The molecule has 0 unspecified atom stereocenters. The van der Waals surface area contributed by atoms with Crippen molar-refractivity contribution >= 4 is 29.2 Å². The summed E-state index contributed by atoms with van der Waals surface area (Å²) in [6, 6.07) is 14.0. The molecule has 2 aromatic carbocycles. The number of nitrogens with zero attached hydrogens (tertiary/aromatic N) is 2. The Morgan fingerprint density at radius 1 is 1.09 bits per heavy atom. The summed E-state index contributed by atoms with van der Waals surface area (Å²) in [7, 11) is 1.99. The molecule has 0 aliphatic carbocycles. The van der Waals surface area contributed by atoms with E-state index >= 15 is 0 Å². The Labute approximate surface area is 145 Å². The largest absolute Gasteiger partial charge is 0.352 e. The highest BCUT2D eigenvalue weighted by Crippen LogP contribution is 2.27. The summed E-state index contributed by atoms with van der Waals surface area (Å²) in [4.78, 5) is 4.46. The van der Waals surface area contributed by atoms with Crippen LogP contribution in [0.2, 0.25) is 10.0 Å². The van der Waals surface area contributed by atoms with E-state index in [0.29, 0.717) is 16.6 Å². The van der Waals surface area contributed by atoms with Crippen molar-refractivity contribution in [2.75, 3.05) is 5.32 Å². The summed E-state index contributed by atoms with van der Waals surface area (Å²) in [6.45, 7) is 2.65. The van der Waals surface area contributed by atoms with Gasteiger partial charge >= 0.3 is 0 Å².